The maximum Gasteiger partial charge on any atom is 0.211 e. The third kappa shape index (κ3) is 4.25. The van der Waals surface area contributed by atoms with Gasteiger partial charge in [-0.2, -0.15) is 0 Å². The molecule has 0 spiro atoms. The zero-order valence-electron chi connectivity index (χ0n) is 16.9. The van der Waals surface area contributed by atoms with Gasteiger partial charge in [0.15, 0.2) is 0 Å². The van der Waals surface area contributed by atoms with Gasteiger partial charge in [-0.3, -0.25) is 9.97 Å². The van der Waals surface area contributed by atoms with E-state index in [2.05, 4.69) is 25.5 Å². The van der Waals surface area contributed by atoms with Crippen LogP contribution in [0.4, 0.5) is 16.6 Å². The second-order valence-corrected chi connectivity index (χ2v) is 8.33. The normalized spacial score (nSPS) is 16.0. The number of fused-ring (bicyclic) bond motifs is 1. The second-order valence-electron chi connectivity index (χ2n) is 7.27. The van der Waals surface area contributed by atoms with Gasteiger partial charge >= 0.3 is 0 Å². The molecule has 1 atom stereocenters. The van der Waals surface area contributed by atoms with Crippen LogP contribution in [0.15, 0.2) is 36.8 Å². The van der Waals surface area contributed by atoms with Crippen LogP contribution < -0.4 is 15.8 Å². The predicted octanol–water partition coefficient (Wildman–Crippen LogP) is 3.60. The lowest BCUT2D eigenvalue weighted by Gasteiger charge is -2.12. The Morgan fingerprint density at radius 3 is 2.97 bits per heavy atom. The molecule has 0 radical (unpaired) electrons. The largest absolute Gasteiger partial charge is 0.495 e. The molecule has 31 heavy (non-hydrogen) atoms. The third-order valence-electron chi connectivity index (χ3n) is 5.07. The summed E-state index contributed by atoms with van der Waals surface area (Å²) in [7, 11) is 1.61. The highest BCUT2D eigenvalue weighted by Gasteiger charge is 2.19. The van der Waals surface area contributed by atoms with Crippen molar-refractivity contribution in [2.45, 2.75) is 25.4 Å². The molecular weight excluding hydrogens is 414 g/mol. The fourth-order valence-electron chi connectivity index (χ4n) is 3.55. The van der Waals surface area contributed by atoms with Gasteiger partial charge in [-0.15, -0.1) is 10.2 Å². The standard InChI is InChI=1S/C21H21N7O2S/c1-29-15-5-12(9-23-11-15)16-8-17-18(6-13(22)10-24-17)25-20(16)26-21-28-27-19(31-21)7-14-3-2-4-30-14/h5-6,8-11,14H,2-4,7,22H2,1H3,(H,25,26,28). The average molecular weight is 436 g/mol. The van der Waals surface area contributed by atoms with E-state index in [0.29, 0.717) is 27.9 Å². The highest BCUT2D eigenvalue weighted by atomic mass is 32.1. The molecule has 4 aromatic heterocycles. The molecule has 0 amide bonds. The molecule has 0 bridgehead atoms. The molecule has 5 rings (SSSR count). The first-order valence-electron chi connectivity index (χ1n) is 9.94. The van der Waals surface area contributed by atoms with Crippen LogP contribution in [0.1, 0.15) is 17.8 Å². The number of nitrogens with two attached hydrogens (primary N) is 1. The van der Waals surface area contributed by atoms with E-state index < -0.39 is 0 Å². The van der Waals surface area contributed by atoms with E-state index in [0.717, 1.165) is 47.5 Å². The number of aromatic nitrogens is 5. The molecule has 1 aliphatic heterocycles. The molecular formula is C21H21N7O2S. The molecule has 1 unspecified atom stereocenters. The van der Waals surface area contributed by atoms with Crippen LogP contribution in [0.25, 0.3) is 22.2 Å². The Morgan fingerprint density at radius 2 is 2.13 bits per heavy atom. The number of anilines is 3. The predicted molar refractivity (Wildman–Crippen MR) is 120 cm³/mol. The Hall–Kier alpha value is -3.37. The van der Waals surface area contributed by atoms with Crippen molar-refractivity contribution >= 4 is 39.0 Å². The Bertz CT molecular complexity index is 1220. The van der Waals surface area contributed by atoms with Crippen molar-refractivity contribution in [2.24, 2.45) is 0 Å². The Morgan fingerprint density at radius 1 is 1.19 bits per heavy atom. The maximum absolute atomic E-state index is 5.91. The zero-order chi connectivity index (χ0) is 21.2. The summed E-state index contributed by atoms with van der Waals surface area (Å²) in [6, 6.07) is 5.65. The minimum atomic E-state index is 0.229. The van der Waals surface area contributed by atoms with Crippen molar-refractivity contribution in [3.8, 4) is 16.9 Å². The molecule has 5 heterocycles. The van der Waals surface area contributed by atoms with Crippen LogP contribution in [0, 0.1) is 0 Å². The molecule has 0 aromatic carbocycles. The van der Waals surface area contributed by atoms with Crippen LogP contribution >= 0.6 is 11.3 Å². The number of rotatable bonds is 6. The van der Waals surface area contributed by atoms with Crippen LogP contribution in [0.2, 0.25) is 0 Å². The molecule has 10 heteroatoms. The molecule has 9 nitrogen and oxygen atoms in total. The van der Waals surface area contributed by atoms with Crippen molar-refractivity contribution in [1.29, 1.82) is 0 Å². The van der Waals surface area contributed by atoms with E-state index in [4.69, 9.17) is 20.2 Å². The van der Waals surface area contributed by atoms with Gasteiger partial charge in [-0.05, 0) is 31.0 Å². The van der Waals surface area contributed by atoms with E-state index >= 15 is 0 Å². The molecule has 0 aliphatic carbocycles. The minimum Gasteiger partial charge on any atom is -0.495 e. The first kappa shape index (κ1) is 19.6. The lowest BCUT2D eigenvalue weighted by Crippen LogP contribution is -2.08. The number of hydrogen-bond donors (Lipinski definition) is 2. The van der Waals surface area contributed by atoms with Crippen molar-refractivity contribution < 1.29 is 9.47 Å². The van der Waals surface area contributed by atoms with Gasteiger partial charge in [0.2, 0.25) is 5.13 Å². The number of pyridine rings is 3. The number of methoxy groups -OCH3 is 1. The summed E-state index contributed by atoms with van der Waals surface area (Å²) in [6.07, 6.45) is 8.21. The van der Waals surface area contributed by atoms with Gasteiger partial charge in [0.05, 0.1) is 42.3 Å². The topological polar surface area (TPSA) is 121 Å². The number of nitrogens with zero attached hydrogens (tertiary/aromatic N) is 5. The smallest absolute Gasteiger partial charge is 0.211 e. The van der Waals surface area contributed by atoms with E-state index in [1.807, 2.05) is 12.1 Å². The van der Waals surface area contributed by atoms with E-state index in [1.165, 1.54) is 11.3 Å². The summed E-state index contributed by atoms with van der Waals surface area (Å²) in [5.41, 5.74) is 9.55. The fourth-order valence-corrected chi connectivity index (χ4v) is 4.35. The Kier molecular flexibility index (Phi) is 5.31. The first-order valence-corrected chi connectivity index (χ1v) is 10.8. The fraction of sp³-hybridized carbons (Fsp3) is 0.286. The lowest BCUT2D eigenvalue weighted by atomic mass is 10.1. The van der Waals surface area contributed by atoms with Gasteiger partial charge in [0.1, 0.15) is 16.6 Å². The van der Waals surface area contributed by atoms with Gasteiger partial charge in [0, 0.05) is 30.4 Å². The first-order chi connectivity index (χ1) is 15.2. The Balaban J connectivity index is 1.52. The molecule has 1 saturated heterocycles. The summed E-state index contributed by atoms with van der Waals surface area (Å²) < 4.78 is 11.0. The SMILES string of the molecule is COc1cncc(-c2cc3ncc(N)cc3nc2Nc2nnc(CC3CCCO3)s2)c1. The van der Waals surface area contributed by atoms with Crippen molar-refractivity contribution in [3.05, 3.63) is 41.8 Å². The molecule has 1 aliphatic rings. The second kappa shape index (κ2) is 8.40. The number of nitrogens with one attached hydrogen (secondary N) is 1. The molecule has 158 valence electrons. The summed E-state index contributed by atoms with van der Waals surface area (Å²) in [6.45, 7) is 0.824. The monoisotopic (exact) mass is 435 g/mol. The number of nitrogen functional groups attached to an aromatic ring is 1. The van der Waals surface area contributed by atoms with E-state index in [9.17, 15) is 0 Å². The van der Waals surface area contributed by atoms with E-state index in [1.54, 1.807) is 31.8 Å². The van der Waals surface area contributed by atoms with Crippen LogP contribution in [-0.4, -0.2) is 45.0 Å². The minimum absolute atomic E-state index is 0.229. The molecule has 3 N–H and O–H groups in total. The molecule has 4 aromatic rings. The zero-order valence-corrected chi connectivity index (χ0v) is 17.7. The van der Waals surface area contributed by atoms with Gasteiger partial charge < -0.3 is 20.5 Å². The Labute approximate surface area is 182 Å². The average Bonchev–Trinajstić information content (AvgIpc) is 3.46. The van der Waals surface area contributed by atoms with Gasteiger partial charge in [0.25, 0.3) is 0 Å². The summed E-state index contributed by atoms with van der Waals surface area (Å²) in [5.74, 6) is 1.28. The quantitative estimate of drug-likeness (QED) is 0.468. The molecule has 1 fully saturated rings. The summed E-state index contributed by atoms with van der Waals surface area (Å²) in [4.78, 5) is 13.5. The highest BCUT2D eigenvalue weighted by molar-refractivity contribution is 7.15. The van der Waals surface area contributed by atoms with Crippen molar-refractivity contribution in [3.63, 3.8) is 0 Å². The maximum atomic E-state index is 5.91. The van der Waals surface area contributed by atoms with Gasteiger partial charge in [-0.25, -0.2) is 4.98 Å². The summed E-state index contributed by atoms with van der Waals surface area (Å²) in [5, 5.41) is 13.5. The van der Waals surface area contributed by atoms with E-state index in [-0.39, 0.29) is 6.10 Å². The lowest BCUT2D eigenvalue weighted by molar-refractivity contribution is 0.111. The van der Waals surface area contributed by atoms with Crippen molar-refractivity contribution in [1.82, 2.24) is 25.1 Å². The third-order valence-corrected chi connectivity index (χ3v) is 5.93. The number of ether oxygens (including phenoxy) is 2. The summed E-state index contributed by atoms with van der Waals surface area (Å²) >= 11 is 1.50. The number of hydrogen-bond acceptors (Lipinski definition) is 10. The van der Waals surface area contributed by atoms with Crippen LogP contribution in [0.3, 0.4) is 0 Å². The molecule has 0 saturated carbocycles. The van der Waals surface area contributed by atoms with Gasteiger partial charge in [-0.1, -0.05) is 11.3 Å². The van der Waals surface area contributed by atoms with Crippen LogP contribution in [-0.2, 0) is 11.2 Å². The highest BCUT2D eigenvalue weighted by Crippen LogP contribution is 2.34. The van der Waals surface area contributed by atoms with Crippen molar-refractivity contribution in [2.75, 3.05) is 24.8 Å². The van der Waals surface area contributed by atoms with Crippen LogP contribution in [0.5, 0.6) is 5.75 Å².